The summed E-state index contributed by atoms with van der Waals surface area (Å²) < 4.78 is 35.8. The van der Waals surface area contributed by atoms with Crippen molar-refractivity contribution in [1.82, 2.24) is 24.2 Å². The Labute approximate surface area is 217 Å². The number of benzene rings is 2. The summed E-state index contributed by atoms with van der Waals surface area (Å²) in [7, 11) is 3.24. The van der Waals surface area contributed by atoms with Gasteiger partial charge >= 0.3 is 6.03 Å². The lowest BCUT2D eigenvalue weighted by atomic mass is 9.94. The van der Waals surface area contributed by atoms with Crippen molar-refractivity contribution in [2.45, 2.75) is 12.0 Å². The van der Waals surface area contributed by atoms with Crippen LogP contribution >= 0.6 is 0 Å². The summed E-state index contributed by atoms with van der Waals surface area (Å²) in [6, 6.07) is 12.2. The highest BCUT2D eigenvalue weighted by molar-refractivity contribution is 5.93. The predicted octanol–water partition coefficient (Wildman–Crippen LogP) is 3.21. The minimum Gasteiger partial charge on any atom is -0.383 e. The topological polar surface area (TPSA) is 92.9 Å². The molecule has 198 valence electrons. The van der Waals surface area contributed by atoms with Gasteiger partial charge in [-0.2, -0.15) is 0 Å². The van der Waals surface area contributed by atoms with Gasteiger partial charge in [0, 0.05) is 57.7 Å². The largest absolute Gasteiger partial charge is 0.383 e. The summed E-state index contributed by atoms with van der Waals surface area (Å²) in [6.45, 7) is 2.17. The third kappa shape index (κ3) is 5.02. The fourth-order valence-corrected chi connectivity index (χ4v) is 4.86. The van der Waals surface area contributed by atoms with Crippen molar-refractivity contribution in [2.75, 3.05) is 38.7 Å². The van der Waals surface area contributed by atoms with Gasteiger partial charge in [0.1, 0.15) is 11.5 Å². The molecule has 2 N–H and O–H groups in total. The number of likely N-dealkylation sites (tertiary alicyclic amines) is 1. The van der Waals surface area contributed by atoms with Crippen LogP contribution < -0.4 is 16.2 Å². The molecule has 0 spiro atoms. The Morgan fingerprint density at radius 2 is 1.89 bits per heavy atom. The Morgan fingerprint density at radius 1 is 1.11 bits per heavy atom. The SMILES string of the molecule is COCCN1C[C@@H](NC(=O)Nc2c(-c3ccccc3)nc3c(=O)n(C)ccn23)[C@H](c2ccc(F)c(F)c2)C1. The third-order valence-corrected chi connectivity index (χ3v) is 6.84. The molecule has 5 rings (SSSR count). The summed E-state index contributed by atoms with van der Waals surface area (Å²) in [4.78, 5) is 32.7. The van der Waals surface area contributed by atoms with E-state index in [9.17, 15) is 18.4 Å². The number of carbonyl (C=O) groups excluding carboxylic acids is 1. The van der Waals surface area contributed by atoms with Gasteiger partial charge in [0.25, 0.3) is 5.56 Å². The molecule has 4 aromatic rings. The Bertz CT molecular complexity index is 1520. The second-order valence-electron chi connectivity index (χ2n) is 9.32. The van der Waals surface area contributed by atoms with E-state index in [0.717, 1.165) is 11.6 Å². The van der Waals surface area contributed by atoms with E-state index in [1.165, 1.54) is 10.6 Å². The Balaban J connectivity index is 1.44. The number of aryl methyl sites for hydroxylation is 1. The minimum atomic E-state index is -0.930. The lowest BCUT2D eigenvalue weighted by Gasteiger charge is -2.21. The van der Waals surface area contributed by atoms with E-state index in [4.69, 9.17) is 4.74 Å². The van der Waals surface area contributed by atoms with Crippen LogP contribution in [-0.4, -0.2) is 64.3 Å². The van der Waals surface area contributed by atoms with Gasteiger partial charge in [-0.1, -0.05) is 36.4 Å². The number of aromatic nitrogens is 3. The number of anilines is 1. The lowest BCUT2D eigenvalue weighted by molar-refractivity contribution is 0.159. The number of nitrogens with zero attached hydrogens (tertiary/aromatic N) is 4. The fraction of sp³-hybridized carbons (Fsp3) is 0.296. The van der Waals surface area contributed by atoms with E-state index in [-0.39, 0.29) is 23.2 Å². The van der Waals surface area contributed by atoms with Crippen molar-refractivity contribution < 1.29 is 18.3 Å². The second-order valence-corrected chi connectivity index (χ2v) is 9.32. The molecule has 9 nitrogen and oxygen atoms in total. The number of hydrogen-bond donors (Lipinski definition) is 2. The van der Waals surface area contributed by atoms with Crippen LogP contribution in [0.3, 0.4) is 0 Å². The summed E-state index contributed by atoms with van der Waals surface area (Å²) >= 11 is 0. The van der Waals surface area contributed by atoms with Crippen molar-refractivity contribution >= 4 is 17.5 Å². The molecule has 0 radical (unpaired) electrons. The number of nitrogens with one attached hydrogen (secondary N) is 2. The summed E-state index contributed by atoms with van der Waals surface area (Å²) in [6.07, 6.45) is 3.26. The third-order valence-electron chi connectivity index (χ3n) is 6.84. The molecule has 0 saturated carbocycles. The lowest BCUT2D eigenvalue weighted by Crippen LogP contribution is -2.42. The molecule has 2 aromatic carbocycles. The number of rotatable bonds is 7. The van der Waals surface area contributed by atoms with Crippen molar-refractivity contribution in [3.8, 4) is 11.3 Å². The van der Waals surface area contributed by atoms with Crippen LogP contribution in [0.25, 0.3) is 16.9 Å². The Hall–Kier alpha value is -4.09. The van der Waals surface area contributed by atoms with E-state index in [1.54, 1.807) is 37.0 Å². The molecule has 1 aliphatic heterocycles. The monoisotopic (exact) mass is 522 g/mol. The number of urea groups is 1. The van der Waals surface area contributed by atoms with Gasteiger partial charge in [-0.05, 0) is 17.7 Å². The number of amides is 2. The number of imidazole rings is 1. The van der Waals surface area contributed by atoms with Gasteiger partial charge in [0.2, 0.25) is 5.65 Å². The molecule has 3 heterocycles. The van der Waals surface area contributed by atoms with Crippen molar-refractivity contribution in [3.63, 3.8) is 0 Å². The van der Waals surface area contributed by atoms with E-state index in [0.29, 0.717) is 43.3 Å². The molecule has 1 aliphatic rings. The number of halogens is 2. The first-order valence-corrected chi connectivity index (χ1v) is 12.2. The van der Waals surface area contributed by atoms with Gasteiger partial charge in [0.05, 0.1) is 12.6 Å². The second kappa shape index (κ2) is 10.7. The van der Waals surface area contributed by atoms with E-state index >= 15 is 0 Å². The van der Waals surface area contributed by atoms with Crippen LogP contribution in [-0.2, 0) is 11.8 Å². The maximum absolute atomic E-state index is 14.0. The maximum Gasteiger partial charge on any atom is 0.320 e. The smallest absolute Gasteiger partial charge is 0.320 e. The number of carbonyl (C=O) groups is 1. The molecular formula is C27H28F2N6O3. The zero-order valence-electron chi connectivity index (χ0n) is 21.0. The molecule has 1 saturated heterocycles. The molecular weight excluding hydrogens is 494 g/mol. The highest BCUT2D eigenvalue weighted by Crippen LogP contribution is 2.30. The predicted molar refractivity (Wildman–Crippen MR) is 139 cm³/mol. The van der Waals surface area contributed by atoms with Crippen molar-refractivity contribution in [3.05, 3.63) is 88.5 Å². The first-order valence-electron chi connectivity index (χ1n) is 12.2. The van der Waals surface area contributed by atoms with E-state index < -0.39 is 17.7 Å². The van der Waals surface area contributed by atoms with Crippen LogP contribution in [0.5, 0.6) is 0 Å². The first-order chi connectivity index (χ1) is 18.4. The van der Waals surface area contributed by atoms with Gasteiger partial charge in [-0.15, -0.1) is 0 Å². The Kier molecular flexibility index (Phi) is 7.21. The number of hydrogen-bond acceptors (Lipinski definition) is 5. The maximum atomic E-state index is 14.0. The zero-order valence-corrected chi connectivity index (χ0v) is 21.0. The van der Waals surface area contributed by atoms with Crippen molar-refractivity contribution in [2.24, 2.45) is 7.05 Å². The highest BCUT2D eigenvalue weighted by Gasteiger charge is 2.35. The number of ether oxygens (including phenoxy) is 1. The number of methoxy groups -OCH3 is 1. The molecule has 0 unspecified atom stereocenters. The molecule has 2 amide bonds. The van der Waals surface area contributed by atoms with Gasteiger partial charge in [0.15, 0.2) is 11.6 Å². The average Bonchev–Trinajstić information content (AvgIpc) is 3.48. The molecule has 1 fully saturated rings. The van der Waals surface area contributed by atoms with E-state index in [2.05, 4.69) is 20.5 Å². The minimum absolute atomic E-state index is 0.176. The van der Waals surface area contributed by atoms with Gasteiger partial charge in [-0.25, -0.2) is 18.6 Å². The first kappa shape index (κ1) is 25.6. The Morgan fingerprint density at radius 3 is 2.63 bits per heavy atom. The van der Waals surface area contributed by atoms with Crippen LogP contribution in [0.1, 0.15) is 11.5 Å². The normalized spacial score (nSPS) is 17.7. The van der Waals surface area contributed by atoms with Crippen LogP contribution in [0.4, 0.5) is 19.4 Å². The summed E-state index contributed by atoms with van der Waals surface area (Å²) in [5, 5.41) is 5.88. The molecule has 0 bridgehead atoms. The van der Waals surface area contributed by atoms with Crippen LogP contribution in [0.2, 0.25) is 0 Å². The molecule has 2 aromatic heterocycles. The summed E-state index contributed by atoms with van der Waals surface area (Å²) in [5.74, 6) is -1.77. The fourth-order valence-electron chi connectivity index (χ4n) is 4.86. The van der Waals surface area contributed by atoms with E-state index in [1.807, 2.05) is 30.3 Å². The van der Waals surface area contributed by atoms with Crippen molar-refractivity contribution in [1.29, 1.82) is 0 Å². The van der Waals surface area contributed by atoms with Crippen LogP contribution in [0, 0.1) is 11.6 Å². The molecule has 38 heavy (non-hydrogen) atoms. The van der Waals surface area contributed by atoms with Gasteiger partial charge in [-0.3, -0.25) is 19.4 Å². The molecule has 0 aliphatic carbocycles. The standard InChI is InChI=1S/C27H28F2N6O3/c1-33-10-11-35-24(23(31-25(35)26(33)36)17-6-4-3-5-7-17)32-27(37)30-22-16-34(12-13-38-2)15-19(22)18-8-9-20(28)21(29)14-18/h3-11,14,19,22H,12-13,15-16H2,1-2H3,(H2,30,32,37)/t19-,22+/m0/s1. The number of fused-ring (bicyclic) bond motifs is 1. The van der Waals surface area contributed by atoms with Gasteiger partial charge < -0.3 is 14.6 Å². The zero-order chi connectivity index (χ0) is 26.8. The molecule has 11 heteroatoms. The highest BCUT2D eigenvalue weighted by atomic mass is 19.2. The average molecular weight is 523 g/mol. The van der Waals surface area contributed by atoms with Crippen LogP contribution in [0.15, 0.2) is 65.7 Å². The quantitative estimate of drug-likeness (QED) is 0.389. The molecule has 2 atom stereocenters. The summed E-state index contributed by atoms with van der Waals surface area (Å²) in [5.41, 5.74) is 1.66.